The highest BCUT2D eigenvalue weighted by Gasteiger charge is 2.27. The average Bonchev–Trinajstić information content (AvgIpc) is 2.32. The van der Waals surface area contributed by atoms with Crippen molar-refractivity contribution in [1.29, 1.82) is 0 Å². The molecule has 1 aliphatic rings. The fraction of sp³-hybridized carbons (Fsp3) is 0.538. The number of nitrogens with one attached hydrogen (secondary N) is 1. The lowest BCUT2D eigenvalue weighted by molar-refractivity contribution is 0.101. The minimum atomic E-state index is -0.594. The second-order valence-electron chi connectivity index (χ2n) is 4.78. The van der Waals surface area contributed by atoms with Crippen molar-refractivity contribution >= 4 is 23.2 Å². The van der Waals surface area contributed by atoms with E-state index < -0.39 is 6.10 Å². The number of aliphatic hydroxyl groups is 1. The standard InChI is InChI=1S/C13H17Cl2NO/c1-8-5-6-16-11(7-8)13(17)9-3-2-4-10(14)12(9)15/h2-4,8,11,13,16-17H,5-7H2,1H3. The Kier molecular flexibility index (Phi) is 4.31. The van der Waals surface area contributed by atoms with Crippen LogP contribution in [0.2, 0.25) is 10.0 Å². The summed E-state index contributed by atoms with van der Waals surface area (Å²) in [4.78, 5) is 0. The third kappa shape index (κ3) is 2.94. The third-order valence-electron chi connectivity index (χ3n) is 3.38. The molecule has 3 unspecified atom stereocenters. The highest BCUT2D eigenvalue weighted by molar-refractivity contribution is 6.42. The van der Waals surface area contributed by atoms with Crippen molar-refractivity contribution in [2.75, 3.05) is 6.54 Å². The zero-order valence-electron chi connectivity index (χ0n) is 9.79. The van der Waals surface area contributed by atoms with Crippen molar-refractivity contribution in [2.24, 2.45) is 5.92 Å². The second kappa shape index (κ2) is 5.57. The van der Waals surface area contributed by atoms with Crippen molar-refractivity contribution < 1.29 is 5.11 Å². The molecule has 2 N–H and O–H groups in total. The number of aliphatic hydroxyl groups excluding tert-OH is 1. The Morgan fingerprint density at radius 2 is 2.18 bits per heavy atom. The van der Waals surface area contributed by atoms with Gasteiger partial charge in [-0.15, -0.1) is 0 Å². The van der Waals surface area contributed by atoms with Gasteiger partial charge in [0.25, 0.3) is 0 Å². The van der Waals surface area contributed by atoms with Crippen LogP contribution in [0.1, 0.15) is 31.4 Å². The summed E-state index contributed by atoms with van der Waals surface area (Å²) in [5.41, 5.74) is 0.714. The highest BCUT2D eigenvalue weighted by atomic mass is 35.5. The molecular formula is C13H17Cl2NO. The Morgan fingerprint density at radius 3 is 2.88 bits per heavy atom. The fourth-order valence-corrected chi connectivity index (χ4v) is 2.78. The minimum absolute atomic E-state index is 0.0646. The molecule has 0 radical (unpaired) electrons. The molecule has 0 spiro atoms. The van der Waals surface area contributed by atoms with Gasteiger partial charge in [-0.25, -0.2) is 0 Å². The van der Waals surface area contributed by atoms with Crippen molar-refractivity contribution in [1.82, 2.24) is 5.32 Å². The van der Waals surface area contributed by atoms with Gasteiger partial charge in [-0.3, -0.25) is 0 Å². The van der Waals surface area contributed by atoms with E-state index in [1.807, 2.05) is 12.1 Å². The van der Waals surface area contributed by atoms with E-state index in [1.165, 1.54) is 0 Å². The van der Waals surface area contributed by atoms with E-state index in [1.54, 1.807) is 6.07 Å². The number of hydrogen-bond donors (Lipinski definition) is 2. The van der Waals surface area contributed by atoms with Crippen LogP contribution in [0.15, 0.2) is 18.2 Å². The van der Waals surface area contributed by atoms with Crippen molar-refractivity contribution in [3.8, 4) is 0 Å². The van der Waals surface area contributed by atoms with Crippen molar-refractivity contribution in [3.05, 3.63) is 33.8 Å². The Labute approximate surface area is 112 Å². The van der Waals surface area contributed by atoms with Crippen LogP contribution in [0.25, 0.3) is 0 Å². The molecule has 1 heterocycles. The van der Waals surface area contributed by atoms with Crippen molar-refractivity contribution in [3.63, 3.8) is 0 Å². The predicted molar refractivity (Wildman–Crippen MR) is 71.6 cm³/mol. The maximum absolute atomic E-state index is 10.4. The van der Waals surface area contributed by atoms with Gasteiger partial charge in [0.1, 0.15) is 0 Å². The molecule has 1 aliphatic heterocycles. The average molecular weight is 274 g/mol. The van der Waals surface area contributed by atoms with E-state index in [4.69, 9.17) is 23.2 Å². The first-order chi connectivity index (χ1) is 8.09. The lowest BCUT2D eigenvalue weighted by Crippen LogP contribution is -2.41. The number of halogens is 2. The van der Waals surface area contributed by atoms with E-state index >= 15 is 0 Å². The zero-order chi connectivity index (χ0) is 12.4. The molecule has 0 amide bonds. The van der Waals surface area contributed by atoms with Gasteiger partial charge in [0, 0.05) is 11.6 Å². The number of rotatable bonds is 2. The molecule has 2 nitrogen and oxygen atoms in total. The first-order valence-electron chi connectivity index (χ1n) is 5.95. The summed E-state index contributed by atoms with van der Waals surface area (Å²) in [6, 6.07) is 5.45. The summed E-state index contributed by atoms with van der Waals surface area (Å²) in [6.45, 7) is 3.15. The summed E-state index contributed by atoms with van der Waals surface area (Å²) in [5, 5.41) is 14.7. The maximum Gasteiger partial charge on any atom is 0.0957 e. The van der Waals surface area contributed by atoms with E-state index in [0.29, 0.717) is 21.5 Å². The van der Waals surface area contributed by atoms with Crippen LogP contribution in [-0.2, 0) is 0 Å². The highest BCUT2D eigenvalue weighted by Crippen LogP contribution is 2.33. The quantitative estimate of drug-likeness (QED) is 0.866. The van der Waals surface area contributed by atoms with Gasteiger partial charge in [-0.1, -0.05) is 42.3 Å². The smallest absolute Gasteiger partial charge is 0.0957 e. The summed E-state index contributed by atoms with van der Waals surface area (Å²) in [6.07, 6.45) is 1.53. The van der Waals surface area contributed by atoms with Crippen LogP contribution in [0, 0.1) is 5.92 Å². The molecule has 0 bridgehead atoms. The molecule has 3 atom stereocenters. The molecule has 4 heteroatoms. The van der Waals surface area contributed by atoms with E-state index in [2.05, 4.69) is 12.2 Å². The van der Waals surface area contributed by atoms with E-state index in [-0.39, 0.29) is 6.04 Å². The fourth-order valence-electron chi connectivity index (χ4n) is 2.36. The maximum atomic E-state index is 10.4. The lowest BCUT2D eigenvalue weighted by Gasteiger charge is -2.32. The Morgan fingerprint density at radius 1 is 1.41 bits per heavy atom. The molecule has 0 aromatic heterocycles. The number of piperidine rings is 1. The number of benzene rings is 1. The largest absolute Gasteiger partial charge is 0.387 e. The molecule has 2 rings (SSSR count). The molecule has 0 aliphatic carbocycles. The van der Waals surface area contributed by atoms with Crippen LogP contribution < -0.4 is 5.32 Å². The SMILES string of the molecule is CC1CCNC(C(O)c2cccc(Cl)c2Cl)C1. The van der Waals surface area contributed by atoms with E-state index in [0.717, 1.165) is 19.4 Å². The van der Waals surface area contributed by atoms with Crippen molar-refractivity contribution in [2.45, 2.75) is 31.9 Å². The van der Waals surface area contributed by atoms with Gasteiger partial charge in [-0.2, -0.15) is 0 Å². The summed E-state index contributed by atoms with van der Waals surface area (Å²) in [7, 11) is 0. The van der Waals surface area contributed by atoms with Crippen LogP contribution >= 0.6 is 23.2 Å². The minimum Gasteiger partial charge on any atom is -0.387 e. The monoisotopic (exact) mass is 273 g/mol. The van der Waals surface area contributed by atoms with Gasteiger partial charge >= 0.3 is 0 Å². The topological polar surface area (TPSA) is 32.3 Å². The Hall–Kier alpha value is -0.280. The summed E-state index contributed by atoms with van der Waals surface area (Å²) < 4.78 is 0. The van der Waals surface area contributed by atoms with Crippen LogP contribution in [0.5, 0.6) is 0 Å². The molecule has 1 aromatic rings. The lowest BCUT2D eigenvalue weighted by atomic mass is 9.89. The molecule has 94 valence electrons. The zero-order valence-corrected chi connectivity index (χ0v) is 11.3. The molecule has 0 saturated carbocycles. The first kappa shape index (κ1) is 13.2. The third-order valence-corrected chi connectivity index (χ3v) is 4.21. The van der Waals surface area contributed by atoms with Gasteiger partial charge in [0.05, 0.1) is 16.1 Å². The molecule has 17 heavy (non-hydrogen) atoms. The van der Waals surface area contributed by atoms with Crippen LogP contribution in [-0.4, -0.2) is 17.7 Å². The Balaban J connectivity index is 2.18. The predicted octanol–water partition coefficient (Wildman–Crippen LogP) is 3.41. The van der Waals surface area contributed by atoms with Gasteiger partial charge in [-0.05, 0) is 31.4 Å². The van der Waals surface area contributed by atoms with Gasteiger partial charge in [0.15, 0.2) is 0 Å². The van der Waals surface area contributed by atoms with Gasteiger partial charge in [0.2, 0.25) is 0 Å². The number of hydrogen-bond acceptors (Lipinski definition) is 2. The first-order valence-corrected chi connectivity index (χ1v) is 6.70. The summed E-state index contributed by atoms with van der Waals surface area (Å²) in [5.74, 6) is 0.633. The second-order valence-corrected chi connectivity index (χ2v) is 5.56. The van der Waals surface area contributed by atoms with Crippen LogP contribution in [0.3, 0.4) is 0 Å². The molecule has 1 saturated heterocycles. The molecule has 1 aromatic carbocycles. The molecular weight excluding hydrogens is 257 g/mol. The summed E-state index contributed by atoms with van der Waals surface area (Å²) >= 11 is 12.1. The normalized spacial score (nSPS) is 26.8. The van der Waals surface area contributed by atoms with Gasteiger partial charge < -0.3 is 10.4 Å². The van der Waals surface area contributed by atoms with Crippen LogP contribution in [0.4, 0.5) is 0 Å². The molecule has 1 fully saturated rings. The Bertz CT molecular complexity index is 397. The van der Waals surface area contributed by atoms with E-state index in [9.17, 15) is 5.11 Å².